The molecule has 0 unspecified atom stereocenters. The van der Waals surface area contributed by atoms with Crippen LogP contribution in [0.25, 0.3) is 16.8 Å². The van der Waals surface area contributed by atoms with Gasteiger partial charge in [0.15, 0.2) is 4.32 Å². The Balaban J connectivity index is 1.68. The van der Waals surface area contributed by atoms with Crippen molar-refractivity contribution in [2.45, 2.75) is 13.3 Å². The SMILES string of the molecule is CCCOc1ccc2ccccc2c1/C=C1\SC(=S)N(NC(=O)c2cccs2)C1=O. The fourth-order valence-corrected chi connectivity index (χ4v) is 4.80. The topological polar surface area (TPSA) is 58.6 Å². The predicted octanol–water partition coefficient (Wildman–Crippen LogP) is 5.24. The zero-order valence-corrected chi connectivity index (χ0v) is 18.5. The Labute approximate surface area is 187 Å². The van der Waals surface area contributed by atoms with E-state index in [0.29, 0.717) is 22.1 Å². The van der Waals surface area contributed by atoms with Crippen LogP contribution in [0.1, 0.15) is 28.6 Å². The van der Waals surface area contributed by atoms with Crippen molar-refractivity contribution in [3.63, 3.8) is 0 Å². The van der Waals surface area contributed by atoms with Gasteiger partial charge in [-0.2, -0.15) is 5.01 Å². The summed E-state index contributed by atoms with van der Waals surface area (Å²) in [5.74, 6) is -0.00704. The zero-order valence-electron chi connectivity index (χ0n) is 16.1. The van der Waals surface area contributed by atoms with Crippen LogP contribution in [0.2, 0.25) is 0 Å². The number of nitrogens with one attached hydrogen (secondary N) is 1. The van der Waals surface area contributed by atoms with Crippen LogP contribution in [-0.2, 0) is 4.79 Å². The minimum Gasteiger partial charge on any atom is -0.493 e. The average molecular weight is 455 g/mol. The zero-order chi connectivity index (χ0) is 21.1. The number of fused-ring (bicyclic) bond motifs is 1. The van der Waals surface area contributed by atoms with Crippen LogP contribution in [0.4, 0.5) is 0 Å². The van der Waals surface area contributed by atoms with Crippen molar-refractivity contribution in [3.8, 4) is 5.75 Å². The van der Waals surface area contributed by atoms with E-state index in [1.165, 1.54) is 11.3 Å². The van der Waals surface area contributed by atoms with Gasteiger partial charge in [0.05, 0.1) is 16.4 Å². The highest BCUT2D eigenvalue weighted by atomic mass is 32.2. The maximum Gasteiger partial charge on any atom is 0.285 e. The van der Waals surface area contributed by atoms with Crippen molar-refractivity contribution < 1.29 is 14.3 Å². The number of thiocarbonyl (C=S) groups is 1. The van der Waals surface area contributed by atoms with Crippen molar-refractivity contribution in [1.82, 2.24) is 10.4 Å². The van der Waals surface area contributed by atoms with Crippen LogP contribution < -0.4 is 10.2 Å². The number of hydrazine groups is 1. The Morgan fingerprint density at radius 2 is 2.03 bits per heavy atom. The molecule has 0 saturated carbocycles. The highest BCUT2D eigenvalue weighted by Crippen LogP contribution is 2.36. The Morgan fingerprint density at radius 3 is 2.80 bits per heavy atom. The van der Waals surface area contributed by atoms with Gasteiger partial charge in [-0.05, 0) is 53.0 Å². The van der Waals surface area contributed by atoms with E-state index in [2.05, 4.69) is 5.43 Å². The van der Waals surface area contributed by atoms with Gasteiger partial charge in [0.2, 0.25) is 0 Å². The maximum atomic E-state index is 13.0. The van der Waals surface area contributed by atoms with Gasteiger partial charge in [-0.3, -0.25) is 15.0 Å². The minimum absolute atomic E-state index is 0.285. The summed E-state index contributed by atoms with van der Waals surface area (Å²) >= 11 is 7.80. The van der Waals surface area contributed by atoms with E-state index in [-0.39, 0.29) is 16.1 Å². The van der Waals surface area contributed by atoms with E-state index >= 15 is 0 Å². The Kier molecular flexibility index (Phi) is 6.17. The molecule has 0 radical (unpaired) electrons. The molecule has 0 bridgehead atoms. The molecule has 0 aliphatic carbocycles. The summed E-state index contributed by atoms with van der Waals surface area (Å²) in [6.45, 7) is 2.62. The van der Waals surface area contributed by atoms with Crippen molar-refractivity contribution >= 4 is 68.3 Å². The first-order valence-corrected chi connectivity index (χ1v) is 11.5. The van der Waals surface area contributed by atoms with Crippen LogP contribution in [0.5, 0.6) is 5.75 Å². The molecule has 1 N–H and O–H groups in total. The van der Waals surface area contributed by atoms with Crippen molar-refractivity contribution in [2.24, 2.45) is 0 Å². The van der Waals surface area contributed by atoms with Crippen LogP contribution in [0, 0.1) is 0 Å². The molecule has 2 aromatic carbocycles. The van der Waals surface area contributed by atoms with E-state index in [1.54, 1.807) is 23.6 Å². The molecule has 3 aromatic rings. The molecule has 0 atom stereocenters. The fourth-order valence-electron chi connectivity index (χ4n) is 3.02. The Morgan fingerprint density at radius 1 is 1.20 bits per heavy atom. The minimum atomic E-state index is -0.361. The molecular formula is C22H18N2O3S3. The summed E-state index contributed by atoms with van der Waals surface area (Å²) in [5, 5.41) is 4.97. The molecule has 1 saturated heterocycles. The molecule has 1 fully saturated rings. The first-order valence-electron chi connectivity index (χ1n) is 9.35. The molecule has 5 nitrogen and oxygen atoms in total. The van der Waals surface area contributed by atoms with Gasteiger partial charge >= 0.3 is 0 Å². The highest BCUT2D eigenvalue weighted by Gasteiger charge is 2.34. The molecule has 2 heterocycles. The van der Waals surface area contributed by atoms with E-state index in [4.69, 9.17) is 17.0 Å². The average Bonchev–Trinajstić information content (AvgIpc) is 3.38. The monoisotopic (exact) mass is 454 g/mol. The largest absolute Gasteiger partial charge is 0.493 e. The lowest BCUT2D eigenvalue weighted by atomic mass is 10.0. The third kappa shape index (κ3) is 4.12. The second-order valence-corrected chi connectivity index (χ2v) is 9.11. The summed E-state index contributed by atoms with van der Waals surface area (Å²) in [6.07, 6.45) is 2.67. The molecule has 0 spiro atoms. The Bertz CT molecular complexity index is 1160. The van der Waals surface area contributed by atoms with Gasteiger partial charge in [-0.1, -0.05) is 55.1 Å². The molecular weight excluding hydrogens is 436 g/mol. The molecule has 2 amide bonds. The number of hydrogen-bond donors (Lipinski definition) is 1. The fraction of sp³-hybridized carbons (Fsp3) is 0.136. The molecule has 4 rings (SSSR count). The number of thiophene rings is 1. The lowest BCUT2D eigenvalue weighted by Crippen LogP contribution is -2.44. The number of thioether (sulfide) groups is 1. The quantitative estimate of drug-likeness (QED) is 0.408. The van der Waals surface area contributed by atoms with Crippen LogP contribution in [-0.4, -0.2) is 27.8 Å². The second-order valence-electron chi connectivity index (χ2n) is 6.48. The second kappa shape index (κ2) is 8.99. The third-order valence-corrected chi connectivity index (χ3v) is 6.59. The van der Waals surface area contributed by atoms with Gasteiger partial charge in [0, 0.05) is 5.56 Å². The van der Waals surface area contributed by atoms with E-state index < -0.39 is 0 Å². The number of carbonyl (C=O) groups is 2. The first-order chi connectivity index (χ1) is 14.6. The van der Waals surface area contributed by atoms with E-state index in [0.717, 1.165) is 39.5 Å². The van der Waals surface area contributed by atoms with Crippen LogP contribution in [0.15, 0.2) is 58.8 Å². The van der Waals surface area contributed by atoms with Gasteiger partial charge < -0.3 is 4.74 Å². The van der Waals surface area contributed by atoms with Crippen LogP contribution >= 0.6 is 35.3 Å². The standard InChI is InChI=1S/C22H18N2O3S3/c1-2-11-27-17-10-9-14-6-3-4-7-15(14)16(17)13-19-21(26)24(22(28)30-19)23-20(25)18-8-5-12-29-18/h3-10,12-13H,2,11H2,1H3,(H,23,25)/b19-13-. The molecule has 1 aliphatic heterocycles. The van der Waals surface area contributed by atoms with Crippen LogP contribution in [0.3, 0.4) is 0 Å². The summed E-state index contributed by atoms with van der Waals surface area (Å²) in [5.41, 5.74) is 3.43. The first kappa shape index (κ1) is 20.6. The number of rotatable bonds is 6. The highest BCUT2D eigenvalue weighted by molar-refractivity contribution is 8.26. The van der Waals surface area contributed by atoms with E-state index in [1.807, 2.05) is 43.3 Å². The number of ether oxygens (including phenoxy) is 1. The summed E-state index contributed by atoms with van der Waals surface area (Å²) < 4.78 is 6.21. The summed E-state index contributed by atoms with van der Waals surface area (Å²) in [4.78, 5) is 26.3. The number of benzene rings is 2. The number of carbonyl (C=O) groups excluding carboxylic acids is 2. The van der Waals surface area contributed by atoms with Gasteiger partial charge in [0.1, 0.15) is 5.75 Å². The molecule has 30 heavy (non-hydrogen) atoms. The summed E-state index contributed by atoms with van der Waals surface area (Å²) in [7, 11) is 0. The smallest absolute Gasteiger partial charge is 0.285 e. The summed E-state index contributed by atoms with van der Waals surface area (Å²) in [6, 6.07) is 15.3. The number of hydrogen-bond acceptors (Lipinski definition) is 6. The normalized spacial score (nSPS) is 15.2. The predicted molar refractivity (Wildman–Crippen MR) is 127 cm³/mol. The lowest BCUT2D eigenvalue weighted by Gasteiger charge is -2.15. The van der Waals surface area contributed by atoms with E-state index in [9.17, 15) is 9.59 Å². The van der Waals surface area contributed by atoms with Crippen molar-refractivity contribution in [3.05, 3.63) is 69.3 Å². The van der Waals surface area contributed by atoms with Crippen molar-refractivity contribution in [1.29, 1.82) is 0 Å². The maximum absolute atomic E-state index is 13.0. The van der Waals surface area contributed by atoms with Gasteiger partial charge in [-0.15, -0.1) is 11.3 Å². The third-order valence-electron chi connectivity index (χ3n) is 4.42. The molecule has 1 aromatic heterocycles. The number of nitrogens with zero attached hydrogens (tertiary/aromatic N) is 1. The van der Waals surface area contributed by atoms with Gasteiger partial charge in [-0.25, -0.2) is 0 Å². The molecule has 152 valence electrons. The van der Waals surface area contributed by atoms with Gasteiger partial charge in [0.25, 0.3) is 11.8 Å². The van der Waals surface area contributed by atoms with Crippen molar-refractivity contribution in [2.75, 3.05) is 6.61 Å². The molecule has 8 heteroatoms. The Hall–Kier alpha value is -2.68. The lowest BCUT2D eigenvalue weighted by molar-refractivity contribution is -0.123. The molecule has 1 aliphatic rings. The number of amides is 2.